The SMILES string of the molecule is [CH2]I.[O-]c1ccc(F)cc1.[Zn]. The molecular formula is C7H6FIOZn-. The zero-order chi connectivity index (χ0) is 7.98. The topological polar surface area (TPSA) is 23.1 Å². The molecule has 0 saturated heterocycles. The first kappa shape index (κ1) is 13.9. The van der Waals surface area contributed by atoms with Gasteiger partial charge in [0.2, 0.25) is 0 Å². The Morgan fingerprint density at radius 1 is 1.18 bits per heavy atom. The van der Waals surface area contributed by atoms with Crippen LogP contribution in [0.15, 0.2) is 24.3 Å². The van der Waals surface area contributed by atoms with E-state index in [0.29, 0.717) is 0 Å². The van der Waals surface area contributed by atoms with E-state index < -0.39 is 0 Å². The zero-order valence-electron chi connectivity index (χ0n) is 5.89. The molecule has 1 radical (unpaired) electrons. The van der Waals surface area contributed by atoms with Gasteiger partial charge in [-0.2, -0.15) is 0 Å². The van der Waals surface area contributed by atoms with Crippen molar-refractivity contribution in [2.45, 2.75) is 0 Å². The van der Waals surface area contributed by atoms with Crippen molar-refractivity contribution in [3.05, 3.63) is 35.0 Å². The van der Waals surface area contributed by atoms with Crippen molar-refractivity contribution in [2.75, 3.05) is 0 Å². The first-order valence-corrected chi connectivity index (χ1v) is 4.01. The summed E-state index contributed by atoms with van der Waals surface area (Å²) in [5, 5.41) is 10.3. The van der Waals surface area contributed by atoms with Crippen LogP contribution in [0, 0.1) is 10.7 Å². The molecular weight excluding hydrogens is 311 g/mol. The first-order valence-electron chi connectivity index (χ1n) is 2.48. The molecule has 0 bridgehead atoms. The van der Waals surface area contributed by atoms with Gasteiger partial charge in [-0.05, 0) is 12.1 Å². The van der Waals surface area contributed by atoms with Crippen LogP contribution in [0.25, 0.3) is 0 Å². The minimum atomic E-state index is -0.371. The third-order valence-corrected chi connectivity index (χ3v) is 0.814. The maximum Gasteiger partial charge on any atom is 0.123 e. The Morgan fingerprint density at radius 3 is 1.82 bits per heavy atom. The fraction of sp³-hybridized carbons (Fsp3) is 0. The standard InChI is InChI=1S/C6H5FO.CH2I.Zn/c7-5-1-3-6(8)4-2-5;1-2;/h1-4,8H;1H2;/p-1. The summed E-state index contributed by atoms with van der Waals surface area (Å²) in [6.07, 6.45) is 0. The van der Waals surface area contributed by atoms with Gasteiger partial charge >= 0.3 is 0 Å². The summed E-state index contributed by atoms with van der Waals surface area (Å²) in [6, 6.07) is 4.66. The van der Waals surface area contributed by atoms with Gasteiger partial charge in [0.25, 0.3) is 0 Å². The van der Waals surface area contributed by atoms with E-state index in [2.05, 4.69) is 4.93 Å². The Kier molecular flexibility index (Phi) is 10.6. The number of hydrogen-bond donors (Lipinski definition) is 0. The maximum absolute atomic E-state index is 11.9. The minimum absolute atomic E-state index is 0. The molecule has 0 aromatic heterocycles. The summed E-state index contributed by atoms with van der Waals surface area (Å²) >= 11 is 1.90. The van der Waals surface area contributed by atoms with E-state index >= 15 is 0 Å². The first-order chi connectivity index (χ1) is 4.79. The van der Waals surface area contributed by atoms with Crippen molar-refractivity contribution < 1.29 is 29.0 Å². The van der Waals surface area contributed by atoms with E-state index in [1.807, 2.05) is 22.6 Å². The molecule has 11 heavy (non-hydrogen) atoms. The molecule has 0 heterocycles. The van der Waals surface area contributed by atoms with Gasteiger partial charge < -0.3 is 5.11 Å². The van der Waals surface area contributed by atoms with Crippen molar-refractivity contribution in [1.82, 2.24) is 0 Å². The molecule has 1 rings (SSSR count). The number of benzene rings is 1. The van der Waals surface area contributed by atoms with Crippen molar-refractivity contribution >= 4 is 22.6 Å². The Labute approximate surface area is 91.9 Å². The summed E-state index contributed by atoms with van der Waals surface area (Å²) in [5.74, 6) is -0.531. The summed E-state index contributed by atoms with van der Waals surface area (Å²) in [6.45, 7) is 0. The molecule has 57 valence electrons. The van der Waals surface area contributed by atoms with Gasteiger partial charge in [0.05, 0.1) is 0 Å². The Balaban J connectivity index is 0. The summed E-state index contributed by atoms with van der Waals surface area (Å²) in [7, 11) is 0. The molecule has 1 nitrogen and oxygen atoms in total. The Bertz CT molecular complexity index is 157. The molecule has 0 atom stereocenters. The van der Waals surface area contributed by atoms with Gasteiger partial charge in [0.1, 0.15) is 5.82 Å². The summed E-state index contributed by atoms with van der Waals surface area (Å²) in [5.41, 5.74) is 0. The molecule has 0 aliphatic rings. The van der Waals surface area contributed by atoms with Gasteiger partial charge in [0.15, 0.2) is 0 Å². The molecule has 4 heteroatoms. The number of hydrogen-bond acceptors (Lipinski definition) is 1. The molecule has 0 saturated carbocycles. The Hall–Kier alpha value is 0.303. The van der Waals surface area contributed by atoms with E-state index in [4.69, 9.17) is 0 Å². The molecule has 0 fully saturated rings. The van der Waals surface area contributed by atoms with Crippen molar-refractivity contribution in [3.8, 4) is 5.75 Å². The predicted molar refractivity (Wildman–Crippen MR) is 45.2 cm³/mol. The van der Waals surface area contributed by atoms with Gasteiger partial charge in [-0.1, -0.05) is 34.7 Å². The van der Waals surface area contributed by atoms with E-state index in [0.717, 1.165) is 12.1 Å². The average Bonchev–Trinajstić information content (AvgIpc) is 2.00. The summed E-state index contributed by atoms with van der Waals surface area (Å²) in [4.78, 5) is 3.22. The largest absolute Gasteiger partial charge is 0.872 e. The third-order valence-electron chi connectivity index (χ3n) is 0.814. The van der Waals surface area contributed by atoms with E-state index in [9.17, 15) is 9.50 Å². The fourth-order valence-corrected chi connectivity index (χ4v) is 0.435. The smallest absolute Gasteiger partial charge is 0.123 e. The van der Waals surface area contributed by atoms with Crippen molar-refractivity contribution in [2.24, 2.45) is 0 Å². The second-order valence-electron chi connectivity index (χ2n) is 1.45. The average molecular weight is 317 g/mol. The normalized spacial score (nSPS) is 7.18. The van der Waals surface area contributed by atoms with Gasteiger partial charge in [0, 0.05) is 24.4 Å². The molecule has 0 N–H and O–H groups in total. The number of halogens is 2. The quantitative estimate of drug-likeness (QED) is 0.531. The van der Waals surface area contributed by atoms with Gasteiger partial charge in [-0.3, -0.25) is 0 Å². The van der Waals surface area contributed by atoms with E-state index in [1.54, 1.807) is 0 Å². The molecule has 1 aromatic carbocycles. The second-order valence-corrected chi connectivity index (χ2v) is 1.45. The van der Waals surface area contributed by atoms with Crippen LogP contribution >= 0.6 is 22.6 Å². The molecule has 0 unspecified atom stereocenters. The molecule has 0 spiro atoms. The van der Waals surface area contributed by atoms with Crippen LogP contribution in [0.3, 0.4) is 0 Å². The van der Waals surface area contributed by atoms with Crippen LogP contribution in [0.1, 0.15) is 0 Å². The van der Waals surface area contributed by atoms with Crippen molar-refractivity contribution in [3.63, 3.8) is 0 Å². The molecule has 1 aromatic rings. The fourth-order valence-electron chi connectivity index (χ4n) is 0.435. The van der Waals surface area contributed by atoms with E-state index in [-0.39, 0.29) is 31.0 Å². The Morgan fingerprint density at radius 2 is 1.55 bits per heavy atom. The van der Waals surface area contributed by atoms with Crippen LogP contribution in [-0.2, 0) is 19.5 Å². The van der Waals surface area contributed by atoms with Gasteiger partial charge in [-0.25, -0.2) is 4.39 Å². The number of rotatable bonds is 0. The molecule has 0 aliphatic heterocycles. The van der Waals surface area contributed by atoms with Gasteiger partial charge in [-0.15, -0.1) is 5.75 Å². The van der Waals surface area contributed by atoms with Crippen LogP contribution in [0.2, 0.25) is 0 Å². The van der Waals surface area contributed by atoms with Crippen LogP contribution in [-0.4, -0.2) is 0 Å². The minimum Gasteiger partial charge on any atom is -0.872 e. The third kappa shape index (κ3) is 6.69. The monoisotopic (exact) mass is 316 g/mol. The van der Waals surface area contributed by atoms with Crippen LogP contribution in [0.5, 0.6) is 5.75 Å². The molecule has 0 aliphatic carbocycles. The maximum atomic E-state index is 11.9. The van der Waals surface area contributed by atoms with Crippen LogP contribution in [0.4, 0.5) is 4.39 Å². The summed E-state index contributed by atoms with van der Waals surface area (Å²) < 4.78 is 11.9. The van der Waals surface area contributed by atoms with Crippen molar-refractivity contribution in [1.29, 1.82) is 0 Å². The zero-order valence-corrected chi connectivity index (χ0v) is 11.0. The second kappa shape index (κ2) is 8.40. The molecule has 0 amide bonds. The van der Waals surface area contributed by atoms with Crippen LogP contribution < -0.4 is 5.11 Å². The van der Waals surface area contributed by atoms with E-state index in [1.165, 1.54) is 12.1 Å². The predicted octanol–water partition coefficient (Wildman–Crippen LogP) is 2.11.